The van der Waals surface area contributed by atoms with Crippen LogP contribution in [0.25, 0.3) is 0 Å². The molecule has 3 heteroatoms. The summed E-state index contributed by atoms with van der Waals surface area (Å²) >= 11 is 3.21. The zero-order valence-electron chi connectivity index (χ0n) is 6.26. The first-order valence-corrected chi connectivity index (χ1v) is 4.21. The second-order valence-electron chi connectivity index (χ2n) is 2.36. The molecule has 0 amide bonds. The van der Waals surface area contributed by atoms with E-state index in [0.29, 0.717) is 15.9 Å². The molecule has 0 atom stereocenters. The number of hydrogen-bond donors (Lipinski definition) is 2. The van der Waals surface area contributed by atoms with E-state index in [1.54, 1.807) is 12.1 Å². The zero-order valence-corrected chi connectivity index (χ0v) is 7.85. The van der Waals surface area contributed by atoms with Crippen molar-refractivity contribution < 1.29 is 5.11 Å². The van der Waals surface area contributed by atoms with Crippen molar-refractivity contribution in [2.24, 2.45) is 0 Å². The summed E-state index contributed by atoms with van der Waals surface area (Å²) in [5, 5.41) is 9.42. The molecule has 0 fully saturated rings. The van der Waals surface area contributed by atoms with E-state index in [1.165, 1.54) is 0 Å². The first kappa shape index (κ1) is 8.40. The molecule has 0 saturated heterocycles. The first-order valence-electron chi connectivity index (χ1n) is 3.42. The second kappa shape index (κ2) is 3.13. The third-order valence-electron chi connectivity index (χ3n) is 1.55. The van der Waals surface area contributed by atoms with Crippen molar-refractivity contribution in [2.45, 2.75) is 13.3 Å². The Morgan fingerprint density at radius 2 is 2.18 bits per heavy atom. The minimum atomic E-state index is 0.293. The lowest BCUT2D eigenvalue weighted by molar-refractivity contribution is 0.465. The first-order chi connectivity index (χ1) is 5.15. The molecule has 0 radical (unpaired) electrons. The number of nitrogens with two attached hydrogens (primary N) is 1. The number of phenols is 1. The molecule has 1 aromatic carbocycles. The van der Waals surface area contributed by atoms with Gasteiger partial charge in [0, 0.05) is 5.69 Å². The number of phenolic OH excluding ortho intramolecular Hbond substituents is 1. The Bertz CT molecular complexity index is 273. The summed E-state index contributed by atoms with van der Waals surface area (Å²) in [5.74, 6) is 0.293. The van der Waals surface area contributed by atoms with Gasteiger partial charge in [-0.1, -0.05) is 6.92 Å². The lowest BCUT2D eigenvalue weighted by Gasteiger charge is -2.04. The predicted octanol–water partition coefficient (Wildman–Crippen LogP) is 2.30. The maximum absolute atomic E-state index is 9.42. The molecule has 2 nitrogen and oxygen atoms in total. The highest BCUT2D eigenvalue weighted by Crippen LogP contribution is 2.30. The van der Waals surface area contributed by atoms with Gasteiger partial charge >= 0.3 is 0 Å². The molecule has 0 aliphatic heterocycles. The van der Waals surface area contributed by atoms with E-state index in [4.69, 9.17) is 5.73 Å². The van der Waals surface area contributed by atoms with E-state index < -0.39 is 0 Å². The monoisotopic (exact) mass is 215 g/mol. The molecule has 0 aromatic heterocycles. The minimum Gasteiger partial charge on any atom is -0.506 e. The molecule has 11 heavy (non-hydrogen) atoms. The molecule has 0 saturated carbocycles. The molecule has 3 N–H and O–H groups in total. The fraction of sp³-hybridized carbons (Fsp3) is 0.250. The van der Waals surface area contributed by atoms with Gasteiger partial charge in [-0.05, 0) is 40.0 Å². The Kier molecular flexibility index (Phi) is 2.39. The molecule has 0 spiro atoms. The van der Waals surface area contributed by atoms with Crippen LogP contribution in [0.15, 0.2) is 16.6 Å². The van der Waals surface area contributed by atoms with E-state index in [2.05, 4.69) is 15.9 Å². The summed E-state index contributed by atoms with van der Waals surface area (Å²) in [6.07, 6.45) is 0.787. The largest absolute Gasteiger partial charge is 0.506 e. The smallest absolute Gasteiger partial charge is 0.133 e. The molecule has 60 valence electrons. The summed E-state index contributed by atoms with van der Waals surface area (Å²) in [4.78, 5) is 0. The van der Waals surface area contributed by atoms with Crippen LogP contribution in [0.3, 0.4) is 0 Å². The van der Waals surface area contributed by atoms with Crippen LogP contribution < -0.4 is 5.73 Å². The maximum Gasteiger partial charge on any atom is 0.133 e. The van der Waals surface area contributed by atoms with Gasteiger partial charge < -0.3 is 10.8 Å². The standard InChI is InChI=1S/C8H10BrNO/c1-2-5-3-6(10)4-7(9)8(5)11/h3-4,11H,2,10H2,1H3. The van der Waals surface area contributed by atoms with Crippen LogP contribution in [-0.4, -0.2) is 5.11 Å². The highest BCUT2D eigenvalue weighted by atomic mass is 79.9. The molecular weight excluding hydrogens is 206 g/mol. The highest BCUT2D eigenvalue weighted by Gasteiger charge is 2.03. The number of aryl methyl sites for hydroxylation is 1. The summed E-state index contributed by atoms with van der Waals surface area (Å²) < 4.78 is 0.661. The van der Waals surface area contributed by atoms with Crippen molar-refractivity contribution >= 4 is 21.6 Å². The number of hydrogen-bond acceptors (Lipinski definition) is 2. The quantitative estimate of drug-likeness (QED) is 0.558. The maximum atomic E-state index is 9.42. The number of benzene rings is 1. The predicted molar refractivity (Wildman–Crippen MR) is 49.6 cm³/mol. The topological polar surface area (TPSA) is 46.2 Å². The van der Waals surface area contributed by atoms with Crippen molar-refractivity contribution in [2.75, 3.05) is 5.73 Å². The van der Waals surface area contributed by atoms with Crippen molar-refractivity contribution in [3.63, 3.8) is 0 Å². The molecule has 0 unspecified atom stereocenters. The lowest BCUT2D eigenvalue weighted by atomic mass is 10.1. The Balaban J connectivity index is 3.24. The van der Waals surface area contributed by atoms with Gasteiger partial charge in [0.05, 0.1) is 4.47 Å². The van der Waals surface area contributed by atoms with Crippen LogP contribution in [0.4, 0.5) is 5.69 Å². The molecule has 0 aliphatic rings. The molecule has 0 aliphatic carbocycles. The molecule has 1 aromatic rings. The lowest BCUT2D eigenvalue weighted by Crippen LogP contribution is -1.89. The van der Waals surface area contributed by atoms with E-state index in [1.807, 2.05) is 6.92 Å². The fourth-order valence-corrected chi connectivity index (χ4v) is 1.47. The summed E-state index contributed by atoms with van der Waals surface area (Å²) in [7, 11) is 0. The highest BCUT2D eigenvalue weighted by molar-refractivity contribution is 9.10. The van der Waals surface area contributed by atoms with Crippen molar-refractivity contribution in [3.8, 4) is 5.75 Å². The van der Waals surface area contributed by atoms with Crippen LogP contribution in [0.2, 0.25) is 0 Å². The summed E-state index contributed by atoms with van der Waals surface area (Å²) in [5.41, 5.74) is 7.11. The van der Waals surface area contributed by atoms with Crippen LogP contribution in [-0.2, 0) is 6.42 Å². The molecule has 0 heterocycles. The number of rotatable bonds is 1. The van der Waals surface area contributed by atoms with Gasteiger partial charge in [-0.2, -0.15) is 0 Å². The van der Waals surface area contributed by atoms with Crippen molar-refractivity contribution in [3.05, 3.63) is 22.2 Å². The average Bonchev–Trinajstić information content (AvgIpc) is 1.96. The minimum absolute atomic E-state index is 0.293. The number of nitrogen functional groups attached to an aromatic ring is 1. The Morgan fingerprint density at radius 1 is 1.55 bits per heavy atom. The van der Waals surface area contributed by atoms with Gasteiger partial charge in [0.1, 0.15) is 5.75 Å². The molecule has 1 rings (SSSR count). The van der Waals surface area contributed by atoms with Crippen molar-refractivity contribution in [1.29, 1.82) is 0 Å². The van der Waals surface area contributed by atoms with Crippen LogP contribution in [0.1, 0.15) is 12.5 Å². The van der Waals surface area contributed by atoms with E-state index in [0.717, 1.165) is 12.0 Å². The van der Waals surface area contributed by atoms with Gasteiger partial charge in [-0.25, -0.2) is 0 Å². The van der Waals surface area contributed by atoms with Crippen molar-refractivity contribution in [1.82, 2.24) is 0 Å². The Labute approximate surface area is 74.2 Å². The van der Waals surface area contributed by atoms with Crippen LogP contribution in [0, 0.1) is 0 Å². The van der Waals surface area contributed by atoms with E-state index in [-0.39, 0.29) is 0 Å². The summed E-state index contributed by atoms with van der Waals surface area (Å²) in [6.45, 7) is 1.97. The second-order valence-corrected chi connectivity index (χ2v) is 3.22. The number of halogens is 1. The van der Waals surface area contributed by atoms with Crippen LogP contribution >= 0.6 is 15.9 Å². The Hall–Kier alpha value is -0.700. The molecule has 0 bridgehead atoms. The third-order valence-corrected chi connectivity index (χ3v) is 2.15. The third kappa shape index (κ3) is 1.66. The Morgan fingerprint density at radius 3 is 2.73 bits per heavy atom. The SMILES string of the molecule is CCc1cc(N)cc(Br)c1O. The van der Waals surface area contributed by atoms with Gasteiger partial charge in [-0.3, -0.25) is 0 Å². The normalized spacial score (nSPS) is 10.0. The van der Waals surface area contributed by atoms with Gasteiger partial charge in [0.2, 0.25) is 0 Å². The average molecular weight is 216 g/mol. The van der Waals surface area contributed by atoms with E-state index in [9.17, 15) is 5.11 Å². The molecular formula is C8H10BrNO. The number of anilines is 1. The fourth-order valence-electron chi connectivity index (χ4n) is 0.949. The van der Waals surface area contributed by atoms with E-state index >= 15 is 0 Å². The van der Waals surface area contributed by atoms with Gasteiger partial charge in [-0.15, -0.1) is 0 Å². The van der Waals surface area contributed by atoms with Crippen LogP contribution in [0.5, 0.6) is 5.75 Å². The van der Waals surface area contributed by atoms with Gasteiger partial charge in [0.15, 0.2) is 0 Å². The zero-order chi connectivity index (χ0) is 8.43. The number of aromatic hydroxyl groups is 1. The van der Waals surface area contributed by atoms with Gasteiger partial charge in [0.25, 0.3) is 0 Å². The summed E-state index contributed by atoms with van der Waals surface area (Å²) in [6, 6.07) is 3.47.